The second-order valence-corrected chi connectivity index (χ2v) is 7.18. The lowest BCUT2D eigenvalue weighted by molar-refractivity contribution is 0.258. The Morgan fingerprint density at radius 1 is 1.33 bits per heavy atom. The van der Waals surface area contributed by atoms with E-state index in [9.17, 15) is 0 Å². The van der Waals surface area contributed by atoms with Gasteiger partial charge in [0, 0.05) is 45.2 Å². The standard InChI is InChI=1S/C20H30N6O/c1-15-12-18(14-26(15)13-17-8-5-4-6-9-17)24-20(21-3)22-11-7-10-19-23-16(2)25-27-19/h4-6,8-9,15,18H,7,10-14H2,1-3H3,(H2,21,22,24). The summed E-state index contributed by atoms with van der Waals surface area (Å²) >= 11 is 0. The predicted octanol–water partition coefficient (Wildman–Crippen LogP) is 2.14. The summed E-state index contributed by atoms with van der Waals surface area (Å²) in [6, 6.07) is 11.6. The molecule has 0 spiro atoms. The topological polar surface area (TPSA) is 78.6 Å². The van der Waals surface area contributed by atoms with Crippen molar-refractivity contribution in [3.63, 3.8) is 0 Å². The van der Waals surface area contributed by atoms with Gasteiger partial charge >= 0.3 is 0 Å². The fraction of sp³-hybridized carbons (Fsp3) is 0.550. The molecule has 7 heteroatoms. The number of aromatic nitrogens is 2. The molecule has 3 rings (SSSR count). The van der Waals surface area contributed by atoms with Gasteiger partial charge in [-0.1, -0.05) is 35.5 Å². The van der Waals surface area contributed by atoms with Crippen LogP contribution in [0.2, 0.25) is 0 Å². The van der Waals surface area contributed by atoms with Gasteiger partial charge in [-0.05, 0) is 32.3 Å². The van der Waals surface area contributed by atoms with Crippen molar-refractivity contribution in [3.8, 4) is 0 Å². The zero-order valence-corrected chi connectivity index (χ0v) is 16.5. The van der Waals surface area contributed by atoms with Gasteiger partial charge in [0.2, 0.25) is 5.89 Å². The molecule has 1 aromatic heterocycles. The summed E-state index contributed by atoms with van der Waals surface area (Å²) in [4.78, 5) is 11.1. The number of aryl methyl sites for hydroxylation is 2. The quantitative estimate of drug-likeness (QED) is 0.442. The maximum atomic E-state index is 5.14. The molecule has 2 aromatic rings. The van der Waals surface area contributed by atoms with Crippen molar-refractivity contribution >= 4 is 5.96 Å². The molecule has 0 amide bonds. The van der Waals surface area contributed by atoms with Crippen LogP contribution in [0.5, 0.6) is 0 Å². The molecule has 1 aromatic carbocycles. The molecule has 0 radical (unpaired) electrons. The summed E-state index contributed by atoms with van der Waals surface area (Å²) in [7, 11) is 1.82. The van der Waals surface area contributed by atoms with Crippen molar-refractivity contribution in [1.82, 2.24) is 25.7 Å². The number of nitrogens with zero attached hydrogens (tertiary/aromatic N) is 4. The molecule has 1 aliphatic heterocycles. The van der Waals surface area contributed by atoms with Crippen LogP contribution in [0.4, 0.5) is 0 Å². The average molecular weight is 371 g/mol. The molecule has 1 saturated heterocycles. The molecule has 2 N–H and O–H groups in total. The number of hydrogen-bond acceptors (Lipinski definition) is 5. The number of aliphatic imine (C=N–C) groups is 1. The minimum absolute atomic E-state index is 0.411. The lowest BCUT2D eigenvalue weighted by Crippen LogP contribution is -2.44. The van der Waals surface area contributed by atoms with Crippen molar-refractivity contribution in [2.45, 2.75) is 51.7 Å². The average Bonchev–Trinajstić information content (AvgIpc) is 3.24. The number of likely N-dealkylation sites (tertiary alicyclic amines) is 1. The molecular weight excluding hydrogens is 340 g/mol. The van der Waals surface area contributed by atoms with E-state index in [-0.39, 0.29) is 0 Å². The highest BCUT2D eigenvalue weighted by Gasteiger charge is 2.29. The Morgan fingerprint density at radius 3 is 2.85 bits per heavy atom. The zero-order chi connectivity index (χ0) is 19.1. The molecule has 2 heterocycles. The first-order valence-corrected chi connectivity index (χ1v) is 9.68. The van der Waals surface area contributed by atoms with E-state index in [0.717, 1.165) is 44.9 Å². The minimum atomic E-state index is 0.411. The zero-order valence-electron chi connectivity index (χ0n) is 16.5. The van der Waals surface area contributed by atoms with Gasteiger partial charge in [0.25, 0.3) is 0 Å². The highest BCUT2D eigenvalue weighted by atomic mass is 16.5. The molecule has 7 nitrogen and oxygen atoms in total. The maximum Gasteiger partial charge on any atom is 0.226 e. The SMILES string of the molecule is CN=C(NCCCc1nc(C)no1)NC1CC(C)N(Cc2ccccc2)C1. The van der Waals surface area contributed by atoms with Gasteiger partial charge in [0.05, 0.1) is 0 Å². The number of hydrogen-bond donors (Lipinski definition) is 2. The fourth-order valence-corrected chi connectivity index (χ4v) is 3.52. The van der Waals surface area contributed by atoms with E-state index in [2.05, 4.69) is 67.9 Å². The molecule has 0 aliphatic carbocycles. The van der Waals surface area contributed by atoms with E-state index < -0.39 is 0 Å². The van der Waals surface area contributed by atoms with E-state index in [0.29, 0.717) is 23.8 Å². The first-order valence-electron chi connectivity index (χ1n) is 9.68. The van der Waals surface area contributed by atoms with E-state index >= 15 is 0 Å². The molecule has 0 bridgehead atoms. The Bertz CT molecular complexity index is 729. The number of benzene rings is 1. The first kappa shape index (κ1) is 19.4. The van der Waals surface area contributed by atoms with E-state index in [4.69, 9.17) is 4.52 Å². The number of rotatable bonds is 7. The van der Waals surface area contributed by atoms with Crippen LogP contribution >= 0.6 is 0 Å². The largest absolute Gasteiger partial charge is 0.356 e. The van der Waals surface area contributed by atoms with Crippen LogP contribution in [0.1, 0.15) is 37.0 Å². The smallest absolute Gasteiger partial charge is 0.226 e. The lowest BCUT2D eigenvalue weighted by Gasteiger charge is -2.21. The molecule has 0 saturated carbocycles. The van der Waals surface area contributed by atoms with Gasteiger partial charge in [-0.15, -0.1) is 0 Å². The summed E-state index contributed by atoms with van der Waals surface area (Å²) < 4.78 is 5.14. The van der Waals surface area contributed by atoms with Gasteiger partial charge in [-0.25, -0.2) is 0 Å². The van der Waals surface area contributed by atoms with Crippen LogP contribution in [-0.4, -0.2) is 53.2 Å². The minimum Gasteiger partial charge on any atom is -0.356 e. The Balaban J connectivity index is 1.40. The predicted molar refractivity (Wildman–Crippen MR) is 107 cm³/mol. The highest BCUT2D eigenvalue weighted by molar-refractivity contribution is 5.80. The van der Waals surface area contributed by atoms with Gasteiger partial charge in [0.1, 0.15) is 0 Å². The number of guanidine groups is 1. The van der Waals surface area contributed by atoms with Crippen molar-refractivity contribution in [1.29, 1.82) is 0 Å². The first-order chi connectivity index (χ1) is 13.1. The summed E-state index contributed by atoms with van der Waals surface area (Å²) in [5.41, 5.74) is 1.36. The lowest BCUT2D eigenvalue weighted by atomic mass is 10.2. The molecule has 27 heavy (non-hydrogen) atoms. The number of nitrogens with one attached hydrogen (secondary N) is 2. The highest BCUT2D eigenvalue weighted by Crippen LogP contribution is 2.20. The van der Waals surface area contributed by atoms with Crippen LogP contribution in [-0.2, 0) is 13.0 Å². The Morgan fingerprint density at radius 2 is 2.15 bits per heavy atom. The third-order valence-corrected chi connectivity index (χ3v) is 4.93. The summed E-state index contributed by atoms with van der Waals surface area (Å²) in [5, 5.41) is 10.8. The maximum absolute atomic E-state index is 5.14. The third kappa shape index (κ3) is 5.79. The molecule has 146 valence electrons. The second-order valence-electron chi connectivity index (χ2n) is 7.18. The van der Waals surface area contributed by atoms with Crippen molar-refractivity contribution in [2.24, 2.45) is 4.99 Å². The van der Waals surface area contributed by atoms with Crippen LogP contribution in [0.25, 0.3) is 0 Å². The molecular formula is C20H30N6O. The van der Waals surface area contributed by atoms with Gasteiger partial charge < -0.3 is 15.2 Å². The van der Waals surface area contributed by atoms with Gasteiger partial charge in [-0.3, -0.25) is 9.89 Å². The fourth-order valence-electron chi connectivity index (χ4n) is 3.52. The monoisotopic (exact) mass is 370 g/mol. The van der Waals surface area contributed by atoms with Crippen molar-refractivity contribution in [2.75, 3.05) is 20.1 Å². The van der Waals surface area contributed by atoms with E-state index in [1.807, 2.05) is 14.0 Å². The van der Waals surface area contributed by atoms with Crippen molar-refractivity contribution in [3.05, 3.63) is 47.6 Å². The summed E-state index contributed by atoms with van der Waals surface area (Å²) in [5.74, 6) is 2.24. The Labute approximate surface area is 161 Å². The van der Waals surface area contributed by atoms with Crippen LogP contribution in [0.15, 0.2) is 39.8 Å². The van der Waals surface area contributed by atoms with Gasteiger partial charge in [-0.2, -0.15) is 4.98 Å². The van der Waals surface area contributed by atoms with Gasteiger partial charge in [0.15, 0.2) is 11.8 Å². The molecule has 2 unspecified atom stereocenters. The van der Waals surface area contributed by atoms with Crippen LogP contribution < -0.4 is 10.6 Å². The second kappa shape index (κ2) is 9.50. The van der Waals surface area contributed by atoms with E-state index in [1.165, 1.54) is 5.56 Å². The summed E-state index contributed by atoms with van der Waals surface area (Å²) in [6.45, 7) is 6.97. The summed E-state index contributed by atoms with van der Waals surface area (Å²) in [6.07, 6.45) is 2.81. The van der Waals surface area contributed by atoms with Crippen LogP contribution in [0, 0.1) is 6.92 Å². The third-order valence-electron chi connectivity index (χ3n) is 4.93. The normalized spacial score (nSPS) is 20.8. The van der Waals surface area contributed by atoms with Crippen LogP contribution in [0.3, 0.4) is 0 Å². The van der Waals surface area contributed by atoms with E-state index in [1.54, 1.807) is 0 Å². The Hall–Kier alpha value is -2.41. The Kier molecular flexibility index (Phi) is 6.81. The molecule has 2 atom stereocenters. The molecule has 1 fully saturated rings. The molecule has 1 aliphatic rings. The van der Waals surface area contributed by atoms with Crippen molar-refractivity contribution < 1.29 is 4.52 Å².